The highest BCUT2D eigenvalue weighted by molar-refractivity contribution is 5.91. The highest BCUT2D eigenvalue weighted by atomic mass is 16.5. The van der Waals surface area contributed by atoms with Gasteiger partial charge in [0.2, 0.25) is 0 Å². The molecule has 1 saturated carbocycles. The van der Waals surface area contributed by atoms with Crippen LogP contribution < -0.4 is 10.1 Å². The molecule has 0 heterocycles. The maximum Gasteiger partial charge on any atom is 0.338 e. The van der Waals surface area contributed by atoms with E-state index >= 15 is 0 Å². The van der Waals surface area contributed by atoms with Crippen molar-refractivity contribution in [1.29, 1.82) is 0 Å². The van der Waals surface area contributed by atoms with Crippen LogP contribution in [0, 0.1) is 11.8 Å². The Hall–Kier alpha value is -2.04. The molecule has 3 atom stereocenters. The molecule has 1 fully saturated rings. The second kappa shape index (κ2) is 7.99. The number of carbonyl (C=O) groups excluding carboxylic acids is 2. The molecule has 1 aromatic rings. The van der Waals surface area contributed by atoms with E-state index in [1.54, 1.807) is 31.4 Å². The zero-order valence-corrected chi connectivity index (χ0v) is 14.0. The molecule has 0 radical (unpaired) electrons. The Bertz CT molecular complexity index is 540. The lowest BCUT2D eigenvalue weighted by Crippen LogP contribution is -2.45. The number of amides is 1. The minimum absolute atomic E-state index is 0.172. The lowest BCUT2D eigenvalue weighted by Gasteiger charge is -2.34. The number of methoxy groups -OCH3 is 1. The van der Waals surface area contributed by atoms with Gasteiger partial charge in [-0.05, 0) is 42.5 Å². The molecular formula is C18H25NO4. The van der Waals surface area contributed by atoms with Gasteiger partial charge in [0.05, 0.1) is 12.7 Å². The summed E-state index contributed by atoms with van der Waals surface area (Å²) in [6.45, 7) is 4.13. The van der Waals surface area contributed by atoms with Crippen LogP contribution in [0.1, 0.15) is 43.5 Å². The van der Waals surface area contributed by atoms with E-state index in [0.29, 0.717) is 23.1 Å². The number of hydrogen-bond donors (Lipinski definition) is 1. The summed E-state index contributed by atoms with van der Waals surface area (Å²) in [7, 11) is 1.56. The van der Waals surface area contributed by atoms with Crippen molar-refractivity contribution in [1.82, 2.24) is 5.32 Å². The maximum absolute atomic E-state index is 12.0. The van der Waals surface area contributed by atoms with Gasteiger partial charge in [0.25, 0.3) is 5.91 Å². The predicted octanol–water partition coefficient (Wildman–Crippen LogP) is 2.79. The molecular weight excluding hydrogens is 294 g/mol. The fraction of sp³-hybridized carbons (Fsp3) is 0.556. The van der Waals surface area contributed by atoms with E-state index in [9.17, 15) is 9.59 Å². The molecule has 2 rings (SSSR count). The molecule has 0 unspecified atom stereocenters. The van der Waals surface area contributed by atoms with Gasteiger partial charge in [0.1, 0.15) is 5.75 Å². The van der Waals surface area contributed by atoms with Gasteiger partial charge in [-0.15, -0.1) is 0 Å². The molecule has 5 nitrogen and oxygen atoms in total. The average Bonchev–Trinajstić information content (AvgIpc) is 2.57. The molecule has 0 aliphatic heterocycles. The number of benzene rings is 1. The Morgan fingerprint density at radius 1 is 1.17 bits per heavy atom. The molecule has 1 aliphatic carbocycles. The average molecular weight is 319 g/mol. The first kappa shape index (κ1) is 17.3. The van der Waals surface area contributed by atoms with E-state index in [2.05, 4.69) is 19.2 Å². The summed E-state index contributed by atoms with van der Waals surface area (Å²) in [5.41, 5.74) is 0.401. The number of rotatable bonds is 5. The minimum atomic E-state index is -0.507. The molecule has 0 saturated heterocycles. The molecule has 0 bridgehead atoms. The smallest absolute Gasteiger partial charge is 0.338 e. The van der Waals surface area contributed by atoms with E-state index in [4.69, 9.17) is 9.47 Å². The first-order chi connectivity index (χ1) is 11.0. The standard InChI is InChI=1S/C18H25NO4/c1-12-5-4-6-16(13(12)2)19-17(20)11-23-18(21)14-7-9-15(22-3)10-8-14/h7-10,12-13,16H,4-6,11H2,1-3H3,(H,19,20)/t12-,13-,16-/m1/s1. The van der Waals surface area contributed by atoms with E-state index in [1.807, 2.05) is 0 Å². The lowest BCUT2D eigenvalue weighted by molar-refractivity contribution is -0.125. The van der Waals surface area contributed by atoms with Gasteiger partial charge in [-0.25, -0.2) is 4.79 Å². The molecule has 0 spiro atoms. The Balaban J connectivity index is 1.80. The number of esters is 1. The zero-order chi connectivity index (χ0) is 16.8. The topological polar surface area (TPSA) is 64.6 Å². The highest BCUT2D eigenvalue weighted by Crippen LogP contribution is 2.29. The van der Waals surface area contributed by atoms with Gasteiger partial charge in [-0.2, -0.15) is 0 Å². The van der Waals surface area contributed by atoms with Crippen LogP contribution in [-0.2, 0) is 9.53 Å². The zero-order valence-electron chi connectivity index (χ0n) is 14.0. The van der Waals surface area contributed by atoms with E-state index in [0.717, 1.165) is 12.8 Å². The van der Waals surface area contributed by atoms with Crippen LogP contribution in [0.15, 0.2) is 24.3 Å². The molecule has 0 aromatic heterocycles. The van der Waals surface area contributed by atoms with Crippen molar-refractivity contribution >= 4 is 11.9 Å². The van der Waals surface area contributed by atoms with Crippen molar-refractivity contribution in [2.24, 2.45) is 11.8 Å². The van der Waals surface area contributed by atoms with Crippen LogP contribution in [0.25, 0.3) is 0 Å². The fourth-order valence-electron chi connectivity index (χ4n) is 2.98. The van der Waals surface area contributed by atoms with Gasteiger partial charge in [0, 0.05) is 6.04 Å². The van der Waals surface area contributed by atoms with Gasteiger partial charge < -0.3 is 14.8 Å². The van der Waals surface area contributed by atoms with Gasteiger partial charge in [-0.3, -0.25) is 4.79 Å². The van der Waals surface area contributed by atoms with Crippen LogP contribution in [0.5, 0.6) is 5.75 Å². The van der Waals surface area contributed by atoms with E-state index in [-0.39, 0.29) is 18.6 Å². The SMILES string of the molecule is COc1ccc(C(=O)OCC(=O)N[C@@H]2CCC[C@@H](C)[C@H]2C)cc1. The second-order valence-corrected chi connectivity index (χ2v) is 6.25. The van der Waals surface area contributed by atoms with Gasteiger partial charge >= 0.3 is 5.97 Å². The molecule has 1 N–H and O–H groups in total. The van der Waals surface area contributed by atoms with Crippen molar-refractivity contribution in [2.45, 2.75) is 39.2 Å². The van der Waals surface area contributed by atoms with Gasteiger partial charge in [-0.1, -0.05) is 26.7 Å². The summed E-state index contributed by atoms with van der Waals surface area (Å²) >= 11 is 0. The second-order valence-electron chi connectivity index (χ2n) is 6.25. The Labute approximate surface area is 137 Å². The first-order valence-electron chi connectivity index (χ1n) is 8.11. The van der Waals surface area contributed by atoms with Crippen molar-refractivity contribution in [3.05, 3.63) is 29.8 Å². The van der Waals surface area contributed by atoms with Gasteiger partial charge in [0.15, 0.2) is 6.61 Å². The van der Waals surface area contributed by atoms with Crippen molar-refractivity contribution < 1.29 is 19.1 Å². The molecule has 1 aromatic carbocycles. The third kappa shape index (κ3) is 4.71. The molecule has 126 valence electrons. The summed E-state index contributed by atoms with van der Waals surface area (Å²) in [5, 5.41) is 2.99. The number of carbonyl (C=O) groups is 2. The summed E-state index contributed by atoms with van der Waals surface area (Å²) in [4.78, 5) is 23.9. The quantitative estimate of drug-likeness (QED) is 0.848. The maximum atomic E-state index is 12.0. The predicted molar refractivity (Wildman–Crippen MR) is 87.4 cm³/mol. The normalized spacial score (nSPS) is 23.9. The number of hydrogen-bond acceptors (Lipinski definition) is 4. The summed E-state index contributed by atoms with van der Waals surface area (Å²) in [6.07, 6.45) is 3.33. The van der Waals surface area contributed by atoms with Crippen LogP contribution in [0.2, 0.25) is 0 Å². The van der Waals surface area contributed by atoms with E-state index in [1.165, 1.54) is 6.42 Å². The summed E-state index contributed by atoms with van der Waals surface area (Å²) in [5.74, 6) is 0.978. The molecule has 23 heavy (non-hydrogen) atoms. The third-order valence-electron chi connectivity index (χ3n) is 4.71. The van der Waals surface area contributed by atoms with Crippen molar-refractivity contribution in [2.75, 3.05) is 13.7 Å². The largest absolute Gasteiger partial charge is 0.497 e. The Morgan fingerprint density at radius 2 is 1.87 bits per heavy atom. The number of nitrogens with one attached hydrogen (secondary N) is 1. The van der Waals surface area contributed by atoms with E-state index < -0.39 is 5.97 Å². The molecule has 5 heteroatoms. The molecule has 1 amide bonds. The number of ether oxygens (including phenoxy) is 2. The Morgan fingerprint density at radius 3 is 2.52 bits per heavy atom. The third-order valence-corrected chi connectivity index (χ3v) is 4.71. The fourth-order valence-corrected chi connectivity index (χ4v) is 2.98. The van der Waals surface area contributed by atoms with Crippen LogP contribution in [0.3, 0.4) is 0 Å². The van der Waals surface area contributed by atoms with Crippen LogP contribution in [-0.4, -0.2) is 31.6 Å². The lowest BCUT2D eigenvalue weighted by atomic mass is 9.78. The van der Waals surface area contributed by atoms with Crippen LogP contribution in [0.4, 0.5) is 0 Å². The highest BCUT2D eigenvalue weighted by Gasteiger charge is 2.28. The molecule has 1 aliphatic rings. The van der Waals surface area contributed by atoms with Crippen LogP contribution >= 0.6 is 0 Å². The summed E-state index contributed by atoms with van der Waals surface area (Å²) in [6, 6.07) is 6.77. The van der Waals surface area contributed by atoms with Crippen molar-refractivity contribution in [3.63, 3.8) is 0 Å². The van der Waals surface area contributed by atoms with Crippen molar-refractivity contribution in [3.8, 4) is 5.75 Å². The monoisotopic (exact) mass is 319 g/mol. The summed E-state index contributed by atoms with van der Waals surface area (Å²) < 4.78 is 10.1. The first-order valence-corrected chi connectivity index (χ1v) is 8.11. The Kier molecular flexibility index (Phi) is 6.02. The minimum Gasteiger partial charge on any atom is -0.497 e.